The highest BCUT2D eigenvalue weighted by Crippen LogP contribution is 2.29. The summed E-state index contributed by atoms with van der Waals surface area (Å²) in [4.78, 5) is 11.7. The van der Waals surface area contributed by atoms with Crippen LogP contribution in [0, 0.1) is 5.21 Å². The van der Waals surface area contributed by atoms with E-state index in [1.165, 1.54) is 66.9 Å². The monoisotopic (exact) mass is 480 g/mol. The van der Waals surface area contributed by atoms with E-state index < -0.39 is 26.7 Å². The highest BCUT2D eigenvalue weighted by Gasteiger charge is 2.36. The second-order valence-electron chi connectivity index (χ2n) is 6.78. The van der Waals surface area contributed by atoms with Crippen LogP contribution in [0.4, 0.5) is 0 Å². The fraction of sp³-hybridized carbons (Fsp3) is 0. The Labute approximate surface area is 193 Å². The van der Waals surface area contributed by atoms with E-state index in [9.17, 15) is 23.5 Å². The minimum Gasteiger partial charge on any atom is -0.508 e. The SMILES string of the molecule is O=C(N/N=C/c1cccc(Oc2no[n+]([O-])c2S(=O)(=O)c2ccccc2)c1)c1cccc(O)c1. The minimum atomic E-state index is -4.26. The molecule has 0 aliphatic heterocycles. The molecule has 0 unspecified atom stereocenters. The van der Waals surface area contributed by atoms with E-state index in [1.807, 2.05) is 0 Å². The smallest absolute Gasteiger partial charge is 0.420 e. The molecule has 0 atom stereocenters. The van der Waals surface area contributed by atoms with Crippen LogP contribution in [0.15, 0.2) is 98.5 Å². The maximum atomic E-state index is 12.9. The van der Waals surface area contributed by atoms with Gasteiger partial charge in [0.25, 0.3) is 15.7 Å². The maximum absolute atomic E-state index is 12.9. The van der Waals surface area contributed by atoms with Crippen molar-refractivity contribution in [3.05, 3.63) is 95.2 Å². The number of aromatic nitrogens is 2. The molecule has 0 radical (unpaired) electrons. The molecule has 0 bridgehead atoms. The molecule has 12 heteroatoms. The second kappa shape index (κ2) is 9.42. The minimum absolute atomic E-state index is 0.0533. The van der Waals surface area contributed by atoms with Crippen LogP contribution in [-0.4, -0.2) is 30.8 Å². The Morgan fingerprint density at radius 3 is 2.62 bits per heavy atom. The quantitative estimate of drug-likeness (QED) is 0.232. The lowest BCUT2D eigenvalue weighted by atomic mass is 10.2. The number of aromatic hydroxyl groups is 1. The van der Waals surface area contributed by atoms with Gasteiger partial charge in [0.05, 0.1) is 16.3 Å². The number of nitrogens with zero attached hydrogens (tertiary/aromatic N) is 3. The normalized spacial score (nSPS) is 11.4. The lowest BCUT2D eigenvalue weighted by molar-refractivity contribution is -0.832. The number of hydrogen-bond acceptors (Lipinski definition) is 9. The van der Waals surface area contributed by atoms with E-state index in [4.69, 9.17) is 4.74 Å². The molecule has 1 heterocycles. The first kappa shape index (κ1) is 22.5. The van der Waals surface area contributed by atoms with Crippen molar-refractivity contribution in [1.82, 2.24) is 10.6 Å². The average Bonchev–Trinajstić information content (AvgIpc) is 3.20. The number of phenolic OH excluding ortho intramolecular Hbond substituents is 1. The third-order valence-corrected chi connectivity index (χ3v) is 6.14. The lowest BCUT2D eigenvalue weighted by Gasteiger charge is -2.04. The third-order valence-electron chi connectivity index (χ3n) is 4.42. The number of hydrogen-bond donors (Lipinski definition) is 2. The van der Waals surface area contributed by atoms with Gasteiger partial charge < -0.3 is 15.1 Å². The Bertz CT molecular complexity index is 1470. The topological polar surface area (TPSA) is 158 Å². The summed E-state index contributed by atoms with van der Waals surface area (Å²) in [7, 11) is -4.26. The molecule has 1 amide bonds. The average molecular weight is 480 g/mol. The summed E-state index contributed by atoms with van der Waals surface area (Å²) in [6.07, 6.45) is 1.33. The van der Waals surface area contributed by atoms with Crippen LogP contribution < -0.4 is 15.1 Å². The van der Waals surface area contributed by atoms with Gasteiger partial charge in [0.2, 0.25) is 0 Å². The standard InChI is InChI=1S/C22H16N4O7S/c27-17-8-5-7-16(13-17)20(28)24-23-14-15-6-4-9-18(12-15)32-21-22(26(29)33-25-21)34(30,31)19-10-2-1-3-11-19/h1-14,27H,(H,24,28)/b23-14+. The molecule has 0 aliphatic carbocycles. The van der Waals surface area contributed by atoms with Gasteiger partial charge in [-0.1, -0.05) is 36.4 Å². The van der Waals surface area contributed by atoms with E-state index in [0.29, 0.717) is 5.56 Å². The summed E-state index contributed by atoms with van der Waals surface area (Å²) in [5, 5.41) is 27.9. The summed E-state index contributed by atoms with van der Waals surface area (Å²) in [5.41, 5.74) is 3.03. The molecule has 34 heavy (non-hydrogen) atoms. The second-order valence-corrected chi connectivity index (χ2v) is 8.65. The molecule has 172 valence electrons. The van der Waals surface area contributed by atoms with Crippen LogP contribution in [0.3, 0.4) is 0 Å². The number of carbonyl (C=O) groups is 1. The van der Waals surface area contributed by atoms with Crippen molar-refractivity contribution in [3.8, 4) is 17.4 Å². The molecule has 1 aromatic heterocycles. The van der Waals surface area contributed by atoms with Crippen molar-refractivity contribution in [2.75, 3.05) is 0 Å². The zero-order valence-corrected chi connectivity index (χ0v) is 18.0. The predicted octanol–water partition coefficient (Wildman–Crippen LogP) is 2.40. The van der Waals surface area contributed by atoms with Gasteiger partial charge in [-0.25, -0.2) is 13.8 Å². The lowest BCUT2D eigenvalue weighted by Crippen LogP contribution is -2.30. The zero-order valence-electron chi connectivity index (χ0n) is 17.2. The summed E-state index contributed by atoms with van der Waals surface area (Å²) >= 11 is 0. The maximum Gasteiger partial charge on any atom is 0.420 e. The van der Waals surface area contributed by atoms with Crippen molar-refractivity contribution >= 4 is 22.0 Å². The molecule has 0 saturated heterocycles. The highest BCUT2D eigenvalue weighted by atomic mass is 32.2. The van der Waals surface area contributed by atoms with Crippen LogP contribution in [0.1, 0.15) is 15.9 Å². The van der Waals surface area contributed by atoms with Gasteiger partial charge in [0.15, 0.2) is 0 Å². The van der Waals surface area contributed by atoms with Gasteiger partial charge >= 0.3 is 10.9 Å². The van der Waals surface area contributed by atoms with Crippen molar-refractivity contribution in [2.45, 2.75) is 9.92 Å². The summed E-state index contributed by atoms with van der Waals surface area (Å²) < 4.78 is 35.7. The molecule has 2 N–H and O–H groups in total. The first-order chi connectivity index (χ1) is 16.3. The number of hydrazone groups is 1. The van der Waals surface area contributed by atoms with Gasteiger partial charge in [0, 0.05) is 5.56 Å². The molecule has 4 aromatic rings. The summed E-state index contributed by atoms with van der Waals surface area (Å²) in [6, 6.07) is 19.3. The molecule has 0 spiro atoms. The number of sulfone groups is 1. The number of nitrogens with one attached hydrogen (secondary N) is 1. The zero-order chi connectivity index (χ0) is 24.1. The Morgan fingerprint density at radius 2 is 1.85 bits per heavy atom. The van der Waals surface area contributed by atoms with Gasteiger partial charge in [-0.15, -0.1) is 0 Å². The fourth-order valence-electron chi connectivity index (χ4n) is 2.86. The number of phenols is 1. The Kier molecular flexibility index (Phi) is 6.23. The predicted molar refractivity (Wildman–Crippen MR) is 117 cm³/mol. The highest BCUT2D eigenvalue weighted by molar-refractivity contribution is 7.91. The Balaban J connectivity index is 1.52. The Morgan fingerprint density at radius 1 is 1.09 bits per heavy atom. The molecular formula is C22H16N4O7S. The van der Waals surface area contributed by atoms with E-state index in [2.05, 4.69) is 20.3 Å². The van der Waals surface area contributed by atoms with Crippen molar-refractivity contribution in [2.24, 2.45) is 5.10 Å². The van der Waals surface area contributed by atoms with Crippen LogP contribution >= 0.6 is 0 Å². The van der Waals surface area contributed by atoms with Crippen LogP contribution in [0.25, 0.3) is 0 Å². The van der Waals surface area contributed by atoms with Crippen LogP contribution in [0.5, 0.6) is 17.4 Å². The van der Waals surface area contributed by atoms with Crippen LogP contribution in [-0.2, 0) is 9.84 Å². The van der Waals surface area contributed by atoms with E-state index >= 15 is 0 Å². The molecule has 0 fully saturated rings. The first-order valence-electron chi connectivity index (χ1n) is 9.65. The third kappa shape index (κ3) is 4.86. The van der Waals surface area contributed by atoms with Gasteiger partial charge in [-0.2, -0.15) is 5.10 Å². The summed E-state index contributed by atoms with van der Waals surface area (Å²) in [6.45, 7) is 0. The van der Waals surface area contributed by atoms with E-state index in [0.717, 1.165) is 0 Å². The molecule has 3 aromatic carbocycles. The van der Waals surface area contributed by atoms with E-state index in [1.54, 1.807) is 18.2 Å². The van der Waals surface area contributed by atoms with Crippen molar-refractivity contribution < 1.29 is 32.6 Å². The number of carbonyl (C=O) groups excluding carboxylic acids is 1. The fourth-order valence-corrected chi connectivity index (χ4v) is 4.14. The first-order valence-corrected chi connectivity index (χ1v) is 11.1. The summed E-state index contributed by atoms with van der Waals surface area (Å²) in [5.74, 6) is -0.980. The van der Waals surface area contributed by atoms with Gasteiger partial charge in [0.1, 0.15) is 11.5 Å². The van der Waals surface area contributed by atoms with Gasteiger partial charge in [-0.05, 0) is 52.9 Å². The van der Waals surface area contributed by atoms with Crippen molar-refractivity contribution in [3.63, 3.8) is 0 Å². The Hall–Kier alpha value is -4.71. The molecule has 11 nitrogen and oxygen atoms in total. The number of rotatable bonds is 7. The number of amides is 1. The van der Waals surface area contributed by atoms with Crippen LogP contribution in [0.2, 0.25) is 0 Å². The van der Waals surface area contributed by atoms with Crippen molar-refractivity contribution in [1.29, 1.82) is 0 Å². The van der Waals surface area contributed by atoms with Gasteiger partial charge in [-0.3, -0.25) is 9.42 Å². The van der Waals surface area contributed by atoms with E-state index in [-0.39, 0.29) is 26.9 Å². The molecular weight excluding hydrogens is 464 g/mol. The molecule has 0 aliphatic rings. The number of benzene rings is 3. The molecule has 0 saturated carbocycles. The molecule has 4 rings (SSSR count). The number of ether oxygens (including phenoxy) is 1. The largest absolute Gasteiger partial charge is 0.508 e.